The maximum Gasteiger partial charge on any atom is 0.250 e. The summed E-state index contributed by atoms with van der Waals surface area (Å²) < 4.78 is 2.03. The van der Waals surface area contributed by atoms with Crippen molar-refractivity contribution in [2.45, 2.75) is 65.5 Å². The summed E-state index contributed by atoms with van der Waals surface area (Å²) >= 11 is 0. The van der Waals surface area contributed by atoms with Crippen LogP contribution in [0, 0.1) is 5.92 Å². The molecule has 3 nitrogen and oxygen atoms in total. The van der Waals surface area contributed by atoms with Crippen molar-refractivity contribution in [1.29, 1.82) is 0 Å². The second kappa shape index (κ2) is 7.07. The lowest BCUT2D eigenvalue weighted by atomic mass is 9.98. The van der Waals surface area contributed by atoms with Gasteiger partial charge in [0.05, 0.1) is 0 Å². The largest absolute Gasteiger partial charge is 0.312 e. The normalized spacial score (nSPS) is 16.9. The van der Waals surface area contributed by atoms with E-state index in [4.69, 9.17) is 0 Å². The molecule has 0 spiro atoms. The zero-order valence-electron chi connectivity index (χ0n) is 13.1. The molecule has 2 unspecified atom stereocenters. The molecule has 0 saturated heterocycles. The van der Waals surface area contributed by atoms with Crippen molar-refractivity contribution in [2.75, 3.05) is 6.54 Å². The molecule has 3 heteroatoms. The highest BCUT2D eigenvalue weighted by Gasteiger charge is 2.20. The van der Waals surface area contributed by atoms with Crippen LogP contribution < -0.4 is 10.9 Å². The molecule has 0 fully saturated rings. The van der Waals surface area contributed by atoms with Crippen LogP contribution in [0.2, 0.25) is 0 Å². The Labute approximate surface area is 122 Å². The second-order valence-electron chi connectivity index (χ2n) is 6.05. The van der Waals surface area contributed by atoms with Crippen molar-refractivity contribution < 1.29 is 0 Å². The molecule has 1 heterocycles. The number of rotatable bonds is 7. The number of aryl methyl sites for hydroxylation is 1. The van der Waals surface area contributed by atoms with Gasteiger partial charge in [0, 0.05) is 24.3 Å². The van der Waals surface area contributed by atoms with Crippen molar-refractivity contribution in [3.05, 3.63) is 33.7 Å². The van der Waals surface area contributed by atoms with Crippen LogP contribution in [0.5, 0.6) is 0 Å². The number of nitrogens with one attached hydrogen (secondary N) is 1. The highest BCUT2D eigenvalue weighted by atomic mass is 16.1. The molecule has 0 aliphatic heterocycles. The number of aromatic nitrogens is 1. The molecule has 0 aromatic carbocycles. The van der Waals surface area contributed by atoms with E-state index in [1.807, 2.05) is 10.6 Å². The van der Waals surface area contributed by atoms with E-state index in [0.717, 1.165) is 38.8 Å². The average molecular weight is 276 g/mol. The summed E-state index contributed by atoms with van der Waals surface area (Å²) in [5.41, 5.74) is 2.82. The fourth-order valence-electron chi connectivity index (χ4n) is 3.09. The van der Waals surface area contributed by atoms with Crippen LogP contribution in [0.1, 0.15) is 51.3 Å². The molecule has 2 atom stereocenters. The van der Waals surface area contributed by atoms with Crippen LogP contribution in [0.3, 0.4) is 0 Å². The molecule has 1 aliphatic carbocycles. The summed E-state index contributed by atoms with van der Waals surface area (Å²) in [6.45, 7) is 8.54. The zero-order valence-corrected chi connectivity index (χ0v) is 13.1. The van der Waals surface area contributed by atoms with E-state index >= 15 is 0 Å². The Hall–Kier alpha value is -1.09. The Kier molecular flexibility index (Phi) is 5.41. The quantitative estimate of drug-likeness (QED) is 0.831. The summed E-state index contributed by atoms with van der Waals surface area (Å²) in [6, 6.07) is 4.17. The van der Waals surface area contributed by atoms with E-state index in [9.17, 15) is 4.79 Å². The van der Waals surface area contributed by atoms with Gasteiger partial charge < -0.3 is 9.88 Å². The topological polar surface area (TPSA) is 34.0 Å². The summed E-state index contributed by atoms with van der Waals surface area (Å²) in [5.74, 6) is 0.589. The van der Waals surface area contributed by atoms with Gasteiger partial charge in [-0.2, -0.15) is 0 Å². The van der Waals surface area contributed by atoms with Gasteiger partial charge in [-0.3, -0.25) is 4.79 Å². The summed E-state index contributed by atoms with van der Waals surface area (Å²) in [7, 11) is 0. The van der Waals surface area contributed by atoms with Gasteiger partial charge in [-0.15, -0.1) is 0 Å². The minimum atomic E-state index is 0.164. The highest BCUT2D eigenvalue weighted by Crippen LogP contribution is 2.21. The predicted octanol–water partition coefficient (Wildman–Crippen LogP) is 2.75. The number of pyridine rings is 1. The first-order valence-electron chi connectivity index (χ1n) is 8.12. The lowest BCUT2D eigenvalue weighted by molar-refractivity contribution is 0.324. The standard InChI is InChI=1S/C17H28N2O/c1-4-11-18-15(13(3)5-2)12-19-16-8-6-7-14(16)9-10-17(19)20/h9-10,13,15,18H,4-8,11-12H2,1-3H3. The maximum absolute atomic E-state index is 12.2. The second-order valence-corrected chi connectivity index (χ2v) is 6.05. The van der Waals surface area contributed by atoms with Gasteiger partial charge in [0.25, 0.3) is 5.56 Å². The smallest absolute Gasteiger partial charge is 0.250 e. The lowest BCUT2D eigenvalue weighted by Gasteiger charge is -2.26. The van der Waals surface area contributed by atoms with Gasteiger partial charge in [0.2, 0.25) is 0 Å². The Bertz CT molecular complexity index is 492. The van der Waals surface area contributed by atoms with Crippen molar-refractivity contribution >= 4 is 0 Å². The summed E-state index contributed by atoms with van der Waals surface area (Å²) in [6.07, 6.45) is 5.66. The average Bonchev–Trinajstić information content (AvgIpc) is 2.93. The molecule has 20 heavy (non-hydrogen) atoms. The van der Waals surface area contributed by atoms with Gasteiger partial charge in [-0.25, -0.2) is 0 Å². The van der Waals surface area contributed by atoms with Crippen molar-refractivity contribution in [2.24, 2.45) is 5.92 Å². The number of hydrogen-bond donors (Lipinski definition) is 1. The Morgan fingerprint density at radius 3 is 2.80 bits per heavy atom. The van der Waals surface area contributed by atoms with E-state index in [2.05, 4.69) is 26.1 Å². The maximum atomic E-state index is 12.2. The SMILES string of the molecule is CCCNC(Cn1c2c(ccc1=O)CCC2)C(C)CC. The molecule has 0 amide bonds. The van der Waals surface area contributed by atoms with Crippen LogP contribution in [-0.4, -0.2) is 17.2 Å². The molecule has 1 N–H and O–H groups in total. The van der Waals surface area contributed by atoms with Gasteiger partial charge in [-0.05, 0) is 43.7 Å². The number of hydrogen-bond acceptors (Lipinski definition) is 2. The van der Waals surface area contributed by atoms with Gasteiger partial charge in [0.15, 0.2) is 0 Å². The Morgan fingerprint density at radius 2 is 2.10 bits per heavy atom. The van der Waals surface area contributed by atoms with E-state index < -0.39 is 0 Å². The van der Waals surface area contributed by atoms with Gasteiger partial charge in [0.1, 0.15) is 0 Å². The number of nitrogens with zero attached hydrogens (tertiary/aromatic N) is 1. The van der Waals surface area contributed by atoms with E-state index in [1.165, 1.54) is 17.7 Å². The first kappa shape index (κ1) is 15.3. The van der Waals surface area contributed by atoms with E-state index in [-0.39, 0.29) is 5.56 Å². The monoisotopic (exact) mass is 276 g/mol. The minimum absolute atomic E-state index is 0.164. The fraction of sp³-hybridized carbons (Fsp3) is 0.706. The summed E-state index contributed by atoms with van der Waals surface area (Å²) in [5, 5.41) is 3.63. The summed E-state index contributed by atoms with van der Waals surface area (Å²) in [4.78, 5) is 12.2. The van der Waals surface area contributed by atoms with Crippen LogP contribution in [0.4, 0.5) is 0 Å². The highest BCUT2D eigenvalue weighted by molar-refractivity contribution is 5.25. The zero-order chi connectivity index (χ0) is 14.5. The van der Waals surface area contributed by atoms with Crippen molar-refractivity contribution in [1.82, 2.24) is 9.88 Å². The molecule has 0 saturated carbocycles. The lowest BCUT2D eigenvalue weighted by Crippen LogP contribution is -2.42. The Balaban J connectivity index is 2.22. The molecule has 0 bridgehead atoms. The Morgan fingerprint density at radius 1 is 1.30 bits per heavy atom. The third-order valence-corrected chi connectivity index (χ3v) is 4.62. The van der Waals surface area contributed by atoms with E-state index in [1.54, 1.807) is 6.07 Å². The molecular weight excluding hydrogens is 248 g/mol. The first-order chi connectivity index (χ1) is 9.67. The van der Waals surface area contributed by atoms with E-state index in [0.29, 0.717) is 12.0 Å². The molecular formula is C17H28N2O. The first-order valence-corrected chi connectivity index (χ1v) is 8.12. The van der Waals surface area contributed by atoms with Crippen LogP contribution in [-0.2, 0) is 19.4 Å². The van der Waals surface area contributed by atoms with Crippen LogP contribution >= 0.6 is 0 Å². The van der Waals surface area contributed by atoms with Crippen LogP contribution in [0.15, 0.2) is 16.9 Å². The van der Waals surface area contributed by atoms with Crippen LogP contribution in [0.25, 0.3) is 0 Å². The van der Waals surface area contributed by atoms with Gasteiger partial charge >= 0.3 is 0 Å². The molecule has 1 aliphatic rings. The molecule has 1 aromatic rings. The molecule has 0 radical (unpaired) electrons. The van der Waals surface area contributed by atoms with Crippen molar-refractivity contribution in [3.8, 4) is 0 Å². The number of fused-ring (bicyclic) bond motifs is 1. The molecule has 2 rings (SSSR count). The van der Waals surface area contributed by atoms with Gasteiger partial charge in [-0.1, -0.05) is 33.3 Å². The minimum Gasteiger partial charge on any atom is -0.312 e. The van der Waals surface area contributed by atoms with Crippen molar-refractivity contribution in [3.63, 3.8) is 0 Å². The third-order valence-electron chi connectivity index (χ3n) is 4.62. The molecule has 112 valence electrons. The fourth-order valence-corrected chi connectivity index (χ4v) is 3.09. The molecule has 1 aromatic heterocycles. The predicted molar refractivity (Wildman–Crippen MR) is 84.3 cm³/mol. The third kappa shape index (κ3) is 3.32.